The zero-order chi connectivity index (χ0) is 15.2. The first-order valence-corrected chi connectivity index (χ1v) is 6.69. The molecule has 1 aliphatic heterocycles. The summed E-state index contributed by atoms with van der Waals surface area (Å²) in [6, 6.07) is 5.59. The van der Waals surface area contributed by atoms with Crippen molar-refractivity contribution in [1.82, 2.24) is 15.5 Å². The lowest BCUT2D eigenvalue weighted by molar-refractivity contribution is -0.123. The molecule has 2 rings (SSSR count). The number of nitrogens with one attached hydrogen (secondary N) is 2. The molecule has 2 N–H and O–H groups in total. The molecule has 0 saturated carbocycles. The quantitative estimate of drug-likeness (QED) is 0.859. The van der Waals surface area contributed by atoms with Crippen LogP contribution >= 0.6 is 0 Å². The number of hydrogen-bond donors (Lipinski definition) is 2. The summed E-state index contributed by atoms with van der Waals surface area (Å²) in [6.07, 6.45) is -0.202. The molecule has 0 radical (unpaired) electrons. The van der Waals surface area contributed by atoms with E-state index in [9.17, 15) is 14.0 Å². The van der Waals surface area contributed by atoms with Gasteiger partial charge in [0.1, 0.15) is 5.82 Å². The lowest BCUT2D eigenvalue weighted by Gasteiger charge is -2.32. The molecule has 0 spiro atoms. The van der Waals surface area contributed by atoms with Crippen molar-refractivity contribution < 1.29 is 18.7 Å². The van der Waals surface area contributed by atoms with Crippen LogP contribution in [0.1, 0.15) is 11.7 Å². The minimum absolute atomic E-state index is 0.120. The van der Waals surface area contributed by atoms with Crippen molar-refractivity contribution in [2.45, 2.75) is 6.10 Å². The van der Waals surface area contributed by atoms with Crippen LogP contribution in [0.5, 0.6) is 0 Å². The maximum atomic E-state index is 12.9. The summed E-state index contributed by atoms with van der Waals surface area (Å²) in [5, 5.41) is 4.54. The lowest BCUT2D eigenvalue weighted by atomic mass is 10.1. The predicted octanol–water partition coefficient (Wildman–Crippen LogP) is 0.655. The molecule has 1 aromatic rings. The van der Waals surface area contributed by atoms with E-state index in [0.717, 1.165) is 5.56 Å². The molecule has 0 bridgehead atoms. The number of morpholine rings is 1. The van der Waals surface area contributed by atoms with Crippen molar-refractivity contribution in [3.8, 4) is 0 Å². The fourth-order valence-corrected chi connectivity index (χ4v) is 2.16. The van der Waals surface area contributed by atoms with Crippen molar-refractivity contribution in [3.63, 3.8) is 0 Å². The second kappa shape index (κ2) is 7.14. The van der Waals surface area contributed by atoms with Gasteiger partial charge in [-0.15, -0.1) is 0 Å². The summed E-state index contributed by atoms with van der Waals surface area (Å²) in [4.78, 5) is 24.6. The van der Waals surface area contributed by atoms with E-state index in [4.69, 9.17) is 4.74 Å². The highest BCUT2D eigenvalue weighted by Gasteiger charge is 2.23. The number of carbonyl (C=O) groups is 2. The lowest BCUT2D eigenvalue weighted by Crippen LogP contribution is -2.47. The van der Waals surface area contributed by atoms with Gasteiger partial charge < -0.3 is 10.1 Å². The number of ether oxygens (including phenoxy) is 1. The van der Waals surface area contributed by atoms with Crippen LogP contribution in [0.4, 0.5) is 9.18 Å². The SMILES string of the molecule is CNC(=O)NC(=O)CN1CCO[C@@H](c2ccc(F)cc2)C1. The molecule has 7 heteroatoms. The first-order valence-electron chi connectivity index (χ1n) is 6.69. The van der Waals surface area contributed by atoms with Gasteiger partial charge in [-0.25, -0.2) is 9.18 Å². The van der Waals surface area contributed by atoms with E-state index in [1.165, 1.54) is 19.2 Å². The van der Waals surface area contributed by atoms with E-state index in [1.54, 1.807) is 12.1 Å². The van der Waals surface area contributed by atoms with Crippen molar-refractivity contribution >= 4 is 11.9 Å². The van der Waals surface area contributed by atoms with Crippen LogP contribution in [0.3, 0.4) is 0 Å². The third-order valence-corrected chi connectivity index (χ3v) is 3.24. The van der Waals surface area contributed by atoms with E-state index in [2.05, 4.69) is 10.6 Å². The van der Waals surface area contributed by atoms with E-state index >= 15 is 0 Å². The van der Waals surface area contributed by atoms with Gasteiger partial charge in [0.2, 0.25) is 5.91 Å². The van der Waals surface area contributed by atoms with Crippen molar-refractivity contribution in [1.29, 1.82) is 0 Å². The van der Waals surface area contributed by atoms with E-state index < -0.39 is 6.03 Å². The first-order chi connectivity index (χ1) is 10.1. The molecule has 6 nitrogen and oxygen atoms in total. The van der Waals surface area contributed by atoms with Gasteiger partial charge in [0.25, 0.3) is 0 Å². The smallest absolute Gasteiger partial charge is 0.321 e. The Bertz CT molecular complexity index is 507. The Morgan fingerprint density at radius 3 is 2.76 bits per heavy atom. The average molecular weight is 295 g/mol. The normalized spacial score (nSPS) is 19.0. The minimum Gasteiger partial charge on any atom is -0.371 e. The molecule has 114 valence electrons. The van der Waals surface area contributed by atoms with Gasteiger partial charge in [-0.05, 0) is 17.7 Å². The second-order valence-electron chi connectivity index (χ2n) is 4.77. The Morgan fingerprint density at radius 2 is 2.10 bits per heavy atom. The number of benzene rings is 1. The molecule has 1 aliphatic rings. The summed E-state index contributed by atoms with van der Waals surface area (Å²) in [7, 11) is 1.45. The Kier molecular flexibility index (Phi) is 5.24. The molecule has 1 heterocycles. The largest absolute Gasteiger partial charge is 0.371 e. The van der Waals surface area contributed by atoms with E-state index in [0.29, 0.717) is 19.7 Å². The molecule has 1 aromatic carbocycles. The Balaban J connectivity index is 1.90. The summed E-state index contributed by atoms with van der Waals surface area (Å²) in [6.45, 7) is 1.73. The Labute approximate surface area is 122 Å². The van der Waals surface area contributed by atoms with Crippen molar-refractivity contribution in [3.05, 3.63) is 35.6 Å². The number of amides is 3. The van der Waals surface area contributed by atoms with Crippen LogP contribution in [0.25, 0.3) is 0 Å². The number of imide groups is 1. The molecule has 1 fully saturated rings. The summed E-state index contributed by atoms with van der Waals surface area (Å²) < 4.78 is 18.6. The predicted molar refractivity (Wildman–Crippen MR) is 74.1 cm³/mol. The number of nitrogens with zero attached hydrogens (tertiary/aromatic N) is 1. The zero-order valence-corrected chi connectivity index (χ0v) is 11.8. The van der Waals surface area contributed by atoms with Crippen LogP contribution in [0.2, 0.25) is 0 Å². The number of carbonyl (C=O) groups excluding carboxylic acids is 2. The fourth-order valence-electron chi connectivity index (χ4n) is 2.16. The van der Waals surface area contributed by atoms with E-state index in [-0.39, 0.29) is 24.4 Å². The van der Waals surface area contributed by atoms with Gasteiger partial charge in [0.05, 0.1) is 19.3 Å². The summed E-state index contributed by atoms with van der Waals surface area (Å²) in [5.41, 5.74) is 0.868. The second-order valence-corrected chi connectivity index (χ2v) is 4.77. The van der Waals surface area contributed by atoms with Gasteiger partial charge in [-0.3, -0.25) is 15.0 Å². The molecular weight excluding hydrogens is 277 g/mol. The molecule has 1 atom stereocenters. The maximum Gasteiger partial charge on any atom is 0.321 e. The molecule has 0 aliphatic carbocycles. The minimum atomic E-state index is -0.525. The van der Waals surface area contributed by atoms with E-state index in [1.807, 2.05) is 4.90 Å². The molecule has 3 amide bonds. The van der Waals surface area contributed by atoms with Gasteiger partial charge in [0.15, 0.2) is 0 Å². The van der Waals surface area contributed by atoms with Crippen LogP contribution in [0.15, 0.2) is 24.3 Å². The number of halogens is 1. The first kappa shape index (κ1) is 15.4. The molecular formula is C14H18FN3O3. The summed E-state index contributed by atoms with van der Waals surface area (Å²) in [5.74, 6) is -0.662. The van der Waals surface area contributed by atoms with Crippen LogP contribution in [-0.4, -0.2) is 50.1 Å². The highest BCUT2D eigenvalue weighted by Crippen LogP contribution is 2.22. The number of hydrogen-bond acceptors (Lipinski definition) is 4. The van der Waals surface area contributed by atoms with Crippen molar-refractivity contribution in [2.75, 3.05) is 33.3 Å². The number of rotatable bonds is 3. The van der Waals surface area contributed by atoms with Gasteiger partial charge in [-0.1, -0.05) is 12.1 Å². The topological polar surface area (TPSA) is 70.7 Å². The van der Waals surface area contributed by atoms with Crippen LogP contribution in [-0.2, 0) is 9.53 Å². The molecule has 21 heavy (non-hydrogen) atoms. The fraction of sp³-hybridized carbons (Fsp3) is 0.429. The Hall–Kier alpha value is -1.99. The number of urea groups is 1. The highest BCUT2D eigenvalue weighted by molar-refractivity contribution is 5.95. The standard InChI is InChI=1S/C14H18FN3O3/c1-16-14(20)17-13(19)9-18-6-7-21-12(8-18)10-2-4-11(15)5-3-10/h2-5,12H,6-9H2,1H3,(H2,16,17,19,20)/t12-/m1/s1. The monoisotopic (exact) mass is 295 g/mol. The van der Waals surface area contributed by atoms with Gasteiger partial charge in [-0.2, -0.15) is 0 Å². The molecule has 1 saturated heterocycles. The molecule has 0 unspecified atom stereocenters. The maximum absolute atomic E-state index is 12.9. The van der Waals surface area contributed by atoms with Gasteiger partial charge in [0, 0.05) is 20.1 Å². The van der Waals surface area contributed by atoms with Crippen molar-refractivity contribution in [2.24, 2.45) is 0 Å². The zero-order valence-electron chi connectivity index (χ0n) is 11.8. The Morgan fingerprint density at radius 1 is 1.38 bits per heavy atom. The van der Waals surface area contributed by atoms with Gasteiger partial charge >= 0.3 is 6.03 Å². The molecule has 0 aromatic heterocycles. The van der Waals surface area contributed by atoms with Crippen LogP contribution in [0, 0.1) is 5.82 Å². The average Bonchev–Trinajstić information content (AvgIpc) is 2.48. The third-order valence-electron chi connectivity index (χ3n) is 3.24. The third kappa shape index (κ3) is 4.51. The highest BCUT2D eigenvalue weighted by atomic mass is 19.1. The van der Waals surface area contributed by atoms with Crippen LogP contribution < -0.4 is 10.6 Å². The summed E-state index contributed by atoms with van der Waals surface area (Å²) >= 11 is 0.